The van der Waals surface area contributed by atoms with Gasteiger partial charge in [-0.05, 0) is 37.0 Å². The second-order valence-electron chi connectivity index (χ2n) is 6.70. The van der Waals surface area contributed by atoms with Crippen LogP contribution in [0.15, 0.2) is 24.3 Å². The molecule has 1 saturated heterocycles. The number of carbonyl (C=O) groups excluding carboxylic acids is 1. The predicted molar refractivity (Wildman–Crippen MR) is 109 cm³/mol. The summed E-state index contributed by atoms with van der Waals surface area (Å²) in [6.07, 6.45) is 6.26. The molecule has 2 atom stereocenters. The van der Waals surface area contributed by atoms with E-state index in [4.69, 9.17) is 4.74 Å². The number of rotatable bonds is 11. The van der Waals surface area contributed by atoms with Gasteiger partial charge in [0.2, 0.25) is 5.91 Å². The number of carbonyl (C=O) groups is 1. The summed E-state index contributed by atoms with van der Waals surface area (Å²) in [4.78, 5) is 14.4. The number of amides is 1. The fraction of sp³-hybridized carbons (Fsp3) is 0.619. The quantitative estimate of drug-likeness (QED) is 0.378. The minimum atomic E-state index is -0.419. The van der Waals surface area contributed by atoms with Crippen molar-refractivity contribution < 1.29 is 47.3 Å². The van der Waals surface area contributed by atoms with E-state index in [9.17, 15) is 9.90 Å². The molecule has 1 radical (unpaired) electrons. The Morgan fingerprint density at radius 2 is 2.07 bits per heavy atom. The van der Waals surface area contributed by atoms with E-state index in [1.807, 2.05) is 29.2 Å². The van der Waals surface area contributed by atoms with Crippen molar-refractivity contribution >= 4 is 23.4 Å². The molecular formula is C21H32NO3SY-. The van der Waals surface area contributed by atoms with Gasteiger partial charge in [0, 0.05) is 50.6 Å². The first-order valence-electron chi connectivity index (χ1n) is 9.76. The molecule has 0 aromatic heterocycles. The minimum Gasteiger partial charge on any atom is -0.413 e. The maximum Gasteiger partial charge on any atom is 0.227 e. The van der Waals surface area contributed by atoms with Crippen molar-refractivity contribution in [3.8, 4) is 0 Å². The monoisotopic (exact) mass is 467 g/mol. The molecule has 1 aliphatic rings. The van der Waals surface area contributed by atoms with Crippen molar-refractivity contribution in [2.45, 2.75) is 63.3 Å². The molecule has 1 aromatic rings. The van der Waals surface area contributed by atoms with E-state index in [0.29, 0.717) is 19.6 Å². The smallest absolute Gasteiger partial charge is 0.227 e. The SMILES string of the molecule is [CH2-]COCCSC1CCCC(=O)N1c1ccc(C(O)CCCCC)cc1.[Y]. The number of hydrogen-bond acceptors (Lipinski definition) is 4. The number of aliphatic hydroxyl groups excluding tert-OH is 1. The van der Waals surface area contributed by atoms with Crippen molar-refractivity contribution in [1.82, 2.24) is 0 Å². The van der Waals surface area contributed by atoms with Gasteiger partial charge in [0.25, 0.3) is 0 Å². The van der Waals surface area contributed by atoms with Crippen LogP contribution in [-0.2, 0) is 42.2 Å². The molecule has 2 rings (SSSR count). The standard InChI is InChI=1S/C21H32NO3S.Y/c1-3-5-6-8-19(23)17-11-13-18(14-12-17)22-20(24)9-7-10-21(22)26-16-15-25-4-2;/h11-14,19,21,23H,2-10,15-16H2,1H3;/q-1;. The molecule has 1 N–H and O–H groups in total. The van der Waals surface area contributed by atoms with E-state index < -0.39 is 6.10 Å². The Morgan fingerprint density at radius 1 is 1.33 bits per heavy atom. The van der Waals surface area contributed by atoms with Crippen LogP contribution in [0.3, 0.4) is 0 Å². The maximum atomic E-state index is 12.5. The van der Waals surface area contributed by atoms with Gasteiger partial charge < -0.3 is 16.8 Å². The van der Waals surface area contributed by atoms with E-state index in [1.54, 1.807) is 11.8 Å². The number of thioether (sulfide) groups is 1. The van der Waals surface area contributed by atoms with Crippen LogP contribution in [0.5, 0.6) is 0 Å². The van der Waals surface area contributed by atoms with Crippen LogP contribution in [0.2, 0.25) is 0 Å². The number of ether oxygens (including phenoxy) is 1. The zero-order valence-electron chi connectivity index (χ0n) is 16.4. The van der Waals surface area contributed by atoms with Crippen molar-refractivity contribution in [2.24, 2.45) is 0 Å². The summed E-state index contributed by atoms with van der Waals surface area (Å²) in [6, 6.07) is 7.87. The van der Waals surface area contributed by atoms with Gasteiger partial charge in [-0.15, -0.1) is 11.8 Å². The number of nitrogens with zero attached hydrogens (tertiary/aromatic N) is 1. The summed E-state index contributed by atoms with van der Waals surface area (Å²) in [6.45, 7) is 6.98. The van der Waals surface area contributed by atoms with Crippen LogP contribution < -0.4 is 4.90 Å². The summed E-state index contributed by atoms with van der Waals surface area (Å²) in [7, 11) is 0. The van der Waals surface area contributed by atoms with E-state index in [2.05, 4.69) is 13.8 Å². The first-order valence-corrected chi connectivity index (χ1v) is 10.8. The fourth-order valence-corrected chi connectivity index (χ4v) is 4.47. The number of benzene rings is 1. The molecule has 1 aromatic carbocycles. The third kappa shape index (κ3) is 8.14. The van der Waals surface area contributed by atoms with Gasteiger partial charge in [-0.3, -0.25) is 9.69 Å². The molecule has 0 bridgehead atoms. The number of unbranched alkanes of at least 4 members (excludes halogenated alkanes) is 2. The number of anilines is 1. The predicted octanol–water partition coefficient (Wildman–Crippen LogP) is 4.72. The average Bonchev–Trinajstić information content (AvgIpc) is 2.66. The molecule has 0 saturated carbocycles. The van der Waals surface area contributed by atoms with Gasteiger partial charge in [-0.1, -0.05) is 44.9 Å². The van der Waals surface area contributed by atoms with E-state index in [-0.39, 0.29) is 44.0 Å². The van der Waals surface area contributed by atoms with Crippen LogP contribution in [-0.4, -0.2) is 35.4 Å². The van der Waals surface area contributed by atoms with Gasteiger partial charge >= 0.3 is 0 Å². The zero-order valence-corrected chi connectivity index (χ0v) is 20.1. The van der Waals surface area contributed by atoms with Gasteiger partial charge in [0.15, 0.2) is 0 Å². The Hall–Kier alpha value is 0.0639. The third-order valence-corrected chi connectivity index (χ3v) is 5.95. The topological polar surface area (TPSA) is 49.8 Å². The largest absolute Gasteiger partial charge is 0.413 e. The first kappa shape index (κ1) is 25.1. The molecule has 4 nitrogen and oxygen atoms in total. The summed E-state index contributed by atoms with van der Waals surface area (Å²) in [5.41, 5.74) is 1.86. The minimum absolute atomic E-state index is 0. The fourth-order valence-electron chi connectivity index (χ4n) is 3.26. The second kappa shape index (κ2) is 14.1. The molecule has 1 amide bonds. The molecule has 1 fully saturated rings. The Kier molecular flexibility index (Phi) is 13.1. The van der Waals surface area contributed by atoms with E-state index >= 15 is 0 Å². The van der Waals surface area contributed by atoms with Gasteiger partial charge in [-0.2, -0.15) is 0 Å². The van der Waals surface area contributed by atoms with Crippen molar-refractivity contribution in [3.05, 3.63) is 36.8 Å². The number of aliphatic hydroxyl groups is 1. The molecule has 27 heavy (non-hydrogen) atoms. The van der Waals surface area contributed by atoms with Gasteiger partial charge in [0.05, 0.1) is 18.1 Å². The van der Waals surface area contributed by atoms with Crippen molar-refractivity contribution in [2.75, 3.05) is 23.9 Å². The van der Waals surface area contributed by atoms with Crippen molar-refractivity contribution in [1.29, 1.82) is 0 Å². The van der Waals surface area contributed by atoms with Crippen LogP contribution in [0, 0.1) is 6.92 Å². The summed E-state index contributed by atoms with van der Waals surface area (Å²) < 4.78 is 5.31. The van der Waals surface area contributed by atoms with Crippen molar-refractivity contribution in [3.63, 3.8) is 0 Å². The molecule has 6 heteroatoms. The van der Waals surface area contributed by atoms with E-state index in [0.717, 1.165) is 55.5 Å². The van der Waals surface area contributed by atoms with Gasteiger partial charge in [-0.25, -0.2) is 0 Å². The Balaban J connectivity index is 0.00000364. The number of piperidine rings is 1. The Labute approximate surface area is 193 Å². The summed E-state index contributed by atoms with van der Waals surface area (Å²) >= 11 is 1.77. The van der Waals surface area contributed by atoms with Crippen LogP contribution in [0.25, 0.3) is 0 Å². The molecule has 0 aliphatic carbocycles. The summed E-state index contributed by atoms with van der Waals surface area (Å²) in [5, 5.41) is 10.5. The molecule has 149 valence electrons. The number of hydrogen-bond donors (Lipinski definition) is 1. The van der Waals surface area contributed by atoms with E-state index in [1.165, 1.54) is 0 Å². The van der Waals surface area contributed by atoms with Crippen LogP contribution in [0.4, 0.5) is 5.69 Å². The summed E-state index contributed by atoms with van der Waals surface area (Å²) in [5.74, 6) is 1.04. The second-order valence-corrected chi connectivity index (χ2v) is 7.98. The molecule has 0 spiro atoms. The molecule has 2 unspecified atom stereocenters. The molecular weight excluding hydrogens is 435 g/mol. The van der Waals surface area contributed by atoms with Crippen LogP contribution in [0.1, 0.15) is 63.5 Å². The zero-order chi connectivity index (χ0) is 18.8. The normalized spacial score (nSPS) is 18.3. The molecule has 1 aliphatic heterocycles. The Morgan fingerprint density at radius 3 is 2.74 bits per heavy atom. The molecule has 1 heterocycles. The van der Waals surface area contributed by atoms with Gasteiger partial charge in [0.1, 0.15) is 0 Å². The average molecular weight is 467 g/mol. The maximum absolute atomic E-state index is 12.5. The van der Waals surface area contributed by atoms with Crippen LogP contribution >= 0.6 is 11.8 Å². The third-order valence-electron chi connectivity index (χ3n) is 4.72. The first-order chi connectivity index (χ1) is 12.7. The Bertz CT molecular complexity index is 541.